The molecule has 3 aromatic carbocycles. The molecule has 5 heteroatoms. The van der Waals surface area contributed by atoms with Gasteiger partial charge in [-0.3, -0.25) is 4.79 Å². The minimum Gasteiger partial charge on any atom is -0.460 e. The lowest BCUT2D eigenvalue weighted by Crippen LogP contribution is -2.68. The number of rotatable bonds is 11. The van der Waals surface area contributed by atoms with Gasteiger partial charge in [0.15, 0.2) is 0 Å². The molecule has 0 aromatic heterocycles. The first kappa shape index (κ1) is 26.3. The van der Waals surface area contributed by atoms with Crippen molar-refractivity contribution in [2.24, 2.45) is 0 Å². The standard InChI is InChI=1S/C31H38O4Si/c1-31(2,3)36(26-16-9-5-10-17-26,27-18-11-6-12-19-27)35-29(28-21-22-30(32)34-28)20-13-23-33-24-25-14-7-4-8-15-25/h4-12,14-19,28-29H,13,20-24H2,1-3H3/t28-,29+/m1/s1. The van der Waals surface area contributed by atoms with Crippen LogP contribution in [0.1, 0.15) is 52.0 Å². The van der Waals surface area contributed by atoms with E-state index in [4.69, 9.17) is 13.9 Å². The molecule has 0 saturated carbocycles. The monoisotopic (exact) mass is 502 g/mol. The summed E-state index contributed by atoms with van der Waals surface area (Å²) in [5.41, 5.74) is 1.17. The fourth-order valence-corrected chi connectivity index (χ4v) is 9.94. The smallest absolute Gasteiger partial charge is 0.306 e. The highest BCUT2D eigenvalue weighted by Crippen LogP contribution is 2.39. The summed E-state index contributed by atoms with van der Waals surface area (Å²) in [7, 11) is -2.76. The van der Waals surface area contributed by atoms with Crippen LogP contribution in [0.5, 0.6) is 0 Å². The molecule has 1 fully saturated rings. The van der Waals surface area contributed by atoms with Crippen LogP contribution in [0.3, 0.4) is 0 Å². The molecule has 190 valence electrons. The van der Waals surface area contributed by atoms with E-state index in [0.29, 0.717) is 26.1 Å². The number of esters is 1. The number of cyclic esters (lactones) is 1. The van der Waals surface area contributed by atoms with Gasteiger partial charge in [0.25, 0.3) is 8.32 Å². The first-order chi connectivity index (χ1) is 17.4. The lowest BCUT2D eigenvalue weighted by atomic mass is 10.1. The van der Waals surface area contributed by atoms with Crippen LogP contribution in [-0.4, -0.2) is 33.1 Å². The Balaban J connectivity index is 1.59. The van der Waals surface area contributed by atoms with Crippen LogP contribution < -0.4 is 10.4 Å². The molecule has 4 rings (SSSR count). The Morgan fingerprint density at radius 1 is 0.889 bits per heavy atom. The molecule has 2 atom stereocenters. The predicted octanol–water partition coefficient (Wildman–Crippen LogP) is 5.63. The SMILES string of the molecule is CC(C)(C)[Si](O[C@@H](CCCOCc1ccccc1)[C@H]1CCC(=O)O1)(c1ccccc1)c1ccccc1. The van der Waals surface area contributed by atoms with Crippen LogP contribution in [0, 0.1) is 0 Å². The van der Waals surface area contributed by atoms with Crippen molar-refractivity contribution in [3.8, 4) is 0 Å². The van der Waals surface area contributed by atoms with Gasteiger partial charge in [0.05, 0.1) is 12.7 Å². The van der Waals surface area contributed by atoms with Crippen LogP contribution in [0.2, 0.25) is 5.04 Å². The molecule has 3 aromatic rings. The van der Waals surface area contributed by atoms with E-state index in [2.05, 4.69) is 93.6 Å². The van der Waals surface area contributed by atoms with E-state index in [1.54, 1.807) is 0 Å². The van der Waals surface area contributed by atoms with Crippen molar-refractivity contribution in [2.75, 3.05) is 6.61 Å². The van der Waals surface area contributed by atoms with Gasteiger partial charge in [-0.05, 0) is 40.2 Å². The summed E-state index contributed by atoms with van der Waals surface area (Å²) in [5.74, 6) is -0.128. The summed E-state index contributed by atoms with van der Waals surface area (Å²) in [6.07, 6.45) is 2.35. The van der Waals surface area contributed by atoms with E-state index in [-0.39, 0.29) is 23.2 Å². The average molecular weight is 503 g/mol. The lowest BCUT2D eigenvalue weighted by Gasteiger charge is -2.46. The van der Waals surface area contributed by atoms with Gasteiger partial charge in [0.1, 0.15) is 6.10 Å². The quantitative estimate of drug-likeness (QED) is 0.194. The van der Waals surface area contributed by atoms with Gasteiger partial charge < -0.3 is 13.9 Å². The van der Waals surface area contributed by atoms with Crippen molar-refractivity contribution in [2.45, 2.75) is 70.3 Å². The number of benzene rings is 3. The molecule has 0 N–H and O–H groups in total. The molecule has 0 unspecified atom stereocenters. The molecule has 1 heterocycles. The molecule has 0 amide bonds. The summed E-state index contributed by atoms with van der Waals surface area (Å²) in [6.45, 7) is 8.06. The lowest BCUT2D eigenvalue weighted by molar-refractivity contribution is -0.145. The minimum absolute atomic E-state index is 0.128. The second-order valence-corrected chi connectivity index (χ2v) is 14.8. The molecular formula is C31H38O4Si. The first-order valence-electron chi connectivity index (χ1n) is 13.0. The van der Waals surface area contributed by atoms with Crippen LogP contribution in [0.4, 0.5) is 0 Å². The second kappa shape index (κ2) is 12.0. The molecule has 36 heavy (non-hydrogen) atoms. The predicted molar refractivity (Wildman–Crippen MR) is 147 cm³/mol. The number of hydrogen-bond donors (Lipinski definition) is 0. The van der Waals surface area contributed by atoms with Gasteiger partial charge in [-0.15, -0.1) is 0 Å². The first-order valence-corrected chi connectivity index (χ1v) is 14.9. The van der Waals surface area contributed by atoms with Gasteiger partial charge in [0, 0.05) is 13.0 Å². The molecule has 4 nitrogen and oxygen atoms in total. The Morgan fingerprint density at radius 3 is 1.94 bits per heavy atom. The molecular weight excluding hydrogens is 464 g/mol. The van der Waals surface area contributed by atoms with Crippen molar-refractivity contribution in [3.63, 3.8) is 0 Å². The van der Waals surface area contributed by atoms with E-state index in [1.165, 1.54) is 15.9 Å². The van der Waals surface area contributed by atoms with E-state index < -0.39 is 8.32 Å². The highest BCUT2D eigenvalue weighted by molar-refractivity contribution is 6.99. The summed E-state index contributed by atoms with van der Waals surface area (Å²) in [6, 6.07) is 31.5. The summed E-state index contributed by atoms with van der Waals surface area (Å²) in [4.78, 5) is 12.1. The zero-order valence-electron chi connectivity index (χ0n) is 21.7. The third kappa shape index (κ3) is 6.15. The van der Waals surface area contributed by atoms with Crippen LogP contribution in [0.15, 0.2) is 91.0 Å². The van der Waals surface area contributed by atoms with Crippen molar-refractivity contribution in [1.29, 1.82) is 0 Å². The third-order valence-electron chi connectivity index (χ3n) is 6.96. The maximum absolute atomic E-state index is 12.1. The van der Waals surface area contributed by atoms with E-state index in [1.807, 2.05) is 18.2 Å². The summed E-state index contributed by atoms with van der Waals surface area (Å²) < 4.78 is 19.1. The molecule has 1 aliphatic heterocycles. The van der Waals surface area contributed by atoms with Gasteiger partial charge in [-0.1, -0.05) is 112 Å². The Bertz CT molecular complexity index is 1040. The third-order valence-corrected chi connectivity index (χ3v) is 12.0. The summed E-state index contributed by atoms with van der Waals surface area (Å²) >= 11 is 0. The molecule has 1 saturated heterocycles. The molecule has 1 aliphatic rings. The molecule has 0 spiro atoms. The highest BCUT2D eigenvalue weighted by atomic mass is 28.4. The van der Waals surface area contributed by atoms with Crippen LogP contribution in [0.25, 0.3) is 0 Å². The van der Waals surface area contributed by atoms with Crippen molar-refractivity contribution < 1.29 is 18.7 Å². The average Bonchev–Trinajstić information content (AvgIpc) is 3.33. The largest absolute Gasteiger partial charge is 0.460 e. The maximum Gasteiger partial charge on any atom is 0.306 e. The number of hydrogen-bond acceptors (Lipinski definition) is 4. The topological polar surface area (TPSA) is 44.8 Å². The van der Waals surface area contributed by atoms with Crippen molar-refractivity contribution >= 4 is 24.7 Å². The Morgan fingerprint density at radius 2 is 1.44 bits per heavy atom. The normalized spacial score (nSPS) is 17.1. The maximum atomic E-state index is 12.1. The van der Waals surface area contributed by atoms with Crippen molar-refractivity contribution in [3.05, 3.63) is 96.6 Å². The van der Waals surface area contributed by atoms with Crippen LogP contribution >= 0.6 is 0 Å². The van der Waals surface area contributed by atoms with Gasteiger partial charge in [-0.25, -0.2) is 0 Å². The highest BCUT2D eigenvalue weighted by Gasteiger charge is 2.52. The Kier molecular flexibility index (Phi) is 8.78. The summed E-state index contributed by atoms with van der Waals surface area (Å²) in [5, 5.41) is 2.33. The number of ether oxygens (including phenoxy) is 2. The van der Waals surface area contributed by atoms with Crippen molar-refractivity contribution in [1.82, 2.24) is 0 Å². The zero-order chi connectivity index (χ0) is 25.4. The van der Waals surface area contributed by atoms with Crippen LogP contribution in [-0.2, 0) is 25.3 Å². The number of carbonyl (C=O) groups is 1. The number of carbonyl (C=O) groups excluding carboxylic acids is 1. The zero-order valence-corrected chi connectivity index (χ0v) is 22.7. The second-order valence-electron chi connectivity index (χ2n) is 10.6. The molecule has 0 bridgehead atoms. The van der Waals surface area contributed by atoms with E-state index in [0.717, 1.165) is 12.8 Å². The van der Waals surface area contributed by atoms with E-state index >= 15 is 0 Å². The minimum atomic E-state index is -2.76. The molecule has 0 radical (unpaired) electrons. The van der Waals surface area contributed by atoms with E-state index in [9.17, 15) is 4.79 Å². The fourth-order valence-electron chi connectivity index (χ4n) is 5.20. The van der Waals surface area contributed by atoms with Gasteiger partial charge >= 0.3 is 5.97 Å². The fraction of sp³-hybridized carbons (Fsp3) is 0.387. The Hall–Kier alpha value is -2.73. The van der Waals surface area contributed by atoms with Gasteiger partial charge in [-0.2, -0.15) is 0 Å². The Labute approximate surface area is 216 Å². The molecule has 0 aliphatic carbocycles. The van der Waals surface area contributed by atoms with Gasteiger partial charge in [0.2, 0.25) is 0 Å².